The van der Waals surface area contributed by atoms with E-state index in [4.69, 9.17) is 5.73 Å². The average Bonchev–Trinajstić information content (AvgIpc) is 2.97. The van der Waals surface area contributed by atoms with Crippen LogP contribution in [0, 0.1) is 5.82 Å². The Bertz CT molecular complexity index is 1690. The van der Waals surface area contributed by atoms with Crippen LogP contribution in [0.25, 0.3) is 11.2 Å². The number of hydrogen-bond acceptors (Lipinski definition) is 10. The number of hydrazine groups is 1. The zero-order valence-electron chi connectivity index (χ0n) is 21.7. The smallest absolute Gasteiger partial charge is 0.326 e. The maximum absolute atomic E-state index is 13.0. The third kappa shape index (κ3) is 7.59. The number of benzene rings is 2. The van der Waals surface area contributed by atoms with E-state index in [1.54, 1.807) is 12.1 Å². The average molecular weight is 578 g/mol. The Morgan fingerprint density at radius 3 is 2.31 bits per heavy atom. The highest BCUT2D eigenvalue weighted by atomic mass is 19.1. The number of aliphatic carboxylic acids is 1. The van der Waals surface area contributed by atoms with Crippen LogP contribution in [0.1, 0.15) is 39.3 Å². The van der Waals surface area contributed by atoms with Crippen LogP contribution in [0.15, 0.2) is 59.5 Å². The third-order valence-electron chi connectivity index (χ3n) is 5.79. The van der Waals surface area contributed by atoms with Gasteiger partial charge in [-0.3, -0.25) is 35.0 Å². The number of anilines is 2. The van der Waals surface area contributed by atoms with Crippen LogP contribution in [-0.4, -0.2) is 54.8 Å². The zero-order valence-corrected chi connectivity index (χ0v) is 21.7. The number of aromatic nitrogens is 4. The summed E-state index contributed by atoms with van der Waals surface area (Å²) >= 11 is 0. The van der Waals surface area contributed by atoms with Gasteiger partial charge in [0.2, 0.25) is 11.9 Å². The van der Waals surface area contributed by atoms with Gasteiger partial charge in [0.05, 0.1) is 18.4 Å². The maximum Gasteiger partial charge on any atom is 0.326 e. The number of carbonyl (C=O) groups excluding carboxylic acids is 3. The number of halogens is 1. The highest BCUT2D eigenvalue weighted by Crippen LogP contribution is 2.12. The van der Waals surface area contributed by atoms with E-state index >= 15 is 0 Å². The molecule has 1 atom stereocenters. The van der Waals surface area contributed by atoms with Gasteiger partial charge in [-0.05, 0) is 55.0 Å². The van der Waals surface area contributed by atoms with Crippen molar-refractivity contribution in [3.63, 3.8) is 0 Å². The number of nitrogen functional groups attached to an aromatic ring is 1. The maximum atomic E-state index is 13.0. The standard InChI is InChI=1S/C26H24FN9O6/c27-15-5-1-14(2-6-15)23(39)36-35-19(37)10-9-18(25(41)42)32-22(38)13-3-7-16(8-4-13)29-11-17-12-30-21-20(31-17)24(40)34-26(28)33-21/h1-8,12,18,29H,9-11H2,(H,32,38)(H,35,37)(H,36,39)(H,41,42)(H3,28,30,33,34,40). The summed E-state index contributed by atoms with van der Waals surface area (Å²) in [4.78, 5) is 74.9. The predicted octanol–water partition coefficient (Wildman–Crippen LogP) is 0.471. The summed E-state index contributed by atoms with van der Waals surface area (Å²) in [7, 11) is 0. The van der Waals surface area contributed by atoms with Crippen molar-refractivity contribution in [2.45, 2.75) is 25.4 Å². The van der Waals surface area contributed by atoms with E-state index in [-0.39, 0.29) is 47.6 Å². The van der Waals surface area contributed by atoms with Crippen molar-refractivity contribution < 1.29 is 28.7 Å². The number of carboxylic acids is 1. The van der Waals surface area contributed by atoms with Crippen molar-refractivity contribution in [3.05, 3.63) is 87.7 Å². The molecule has 0 bridgehead atoms. The van der Waals surface area contributed by atoms with E-state index in [0.29, 0.717) is 11.4 Å². The number of hydrogen-bond donors (Lipinski definition) is 7. The van der Waals surface area contributed by atoms with Crippen LogP contribution in [0.3, 0.4) is 0 Å². The van der Waals surface area contributed by atoms with Crippen LogP contribution in [0.4, 0.5) is 16.0 Å². The van der Waals surface area contributed by atoms with Crippen molar-refractivity contribution in [2.24, 2.45) is 0 Å². The Morgan fingerprint density at radius 2 is 1.62 bits per heavy atom. The summed E-state index contributed by atoms with van der Waals surface area (Å²) in [5, 5.41) is 14.9. The molecular formula is C26H24FN9O6. The number of carbonyl (C=O) groups is 4. The van der Waals surface area contributed by atoms with E-state index in [1.165, 1.54) is 30.5 Å². The minimum absolute atomic E-state index is 0.0377. The van der Waals surface area contributed by atoms with Gasteiger partial charge >= 0.3 is 5.97 Å². The van der Waals surface area contributed by atoms with Gasteiger partial charge in [0.15, 0.2) is 11.2 Å². The number of nitrogens with zero attached hydrogens (tertiary/aromatic N) is 3. The minimum atomic E-state index is -1.38. The van der Waals surface area contributed by atoms with Gasteiger partial charge in [-0.25, -0.2) is 19.2 Å². The molecule has 2 aromatic heterocycles. The monoisotopic (exact) mass is 577 g/mol. The van der Waals surface area contributed by atoms with Gasteiger partial charge in [-0.15, -0.1) is 0 Å². The largest absolute Gasteiger partial charge is 0.480 e. The summed E-state index contributed by atoms with van der Waals surface area (Å²) in [5.41, 5.74) is 10.7. The van der Waals surface area contributed by atoms with Gasteiger partial charge in [-0.2, -0.15) is 4.98 Å². The normalized spacial score (nSPS) is 11.4. The van der Waals surface area contributed by atoms with Crippen molar-refractivity contribution in [3.8, 4) is 0 Å². The molecule has 15 nitrogen and oxygen atoms in total. The Hall–Kier alpha value is -5.93. The first-order valence-electron chi connectivity index (χ1n) is 12.3. The lowest BCUT2D eigenvalue weighted by atomic mass is 10.1. The molecule has 4 rings (SSSR count). The summed E-state index contributed by atoms with van der Waals surface area (Å²) in [6.45, 7) is 0.200. The molecule has 0 aliphatic carbocycles. The first-order chi connectivity index (χ1) is 20.1. The molecule has 3 amide bonds. The second-order valence-corrected chi connectivity index (χ2v) is 8.83. The summed E-state index contributed by atoms with van der Waals surface area (Å²) in [6, 6.07) is 9.37. The molecule has 4 aromatic rings. The van der Waals surface area contributed by atoms with Gasteiger partial charge in [-0.1, -0.05) is 0 Å². The van der Waals surface area contributed by atoms with Gasteiger partial charge in [0.1, 0.15) is 11.9 Å². The fourth-order valence-electron chi connectivity index (χ4n) is 3.63. The topological polar surface area (TPSA) is 234 Å². The Balaban J connectivity index is 1.26. The van der Waals surface area contributed by atoms with Crippen molar-refractivity contribution in [1.82, 2.24) is 36.1 Å². The predicted molar refractivity (Wildman–Crippen MR) is 146 cm³/mol. The first-order valence-corrected chi connectivity index (χ1v) is 12.3. The van der Waals surface area contributed by atoms with Crippen LogP contribution in [-0.2, 0) is 16.1 Å². The highest BCUT2D eigenvalue weighted by Gasteiger charge is 2.22. The quantitative estimate of drug-likeness (QED) is 0.128. The summed E-state index contributed by atoms with van der Waals surface area (Å²) < 4.78 is 13.0. The molecule has 216 valence electrons. The van der Waals surface area contributed by atoms with Crippen LogP contribution < -0.4 is 32.8 Å². The van der Waals surface area contributed by atoms with E-state index in [0.717, 1.165) is 12.1 Å². The lowest BCUT2D eigenvalue weighted by Gasteiger charge is -2.15. The van der Waals surface area contributed by atoms with E-state index in [9.17, 15) is 33.5 Å². The minimum Gasteiger partial charge on any atom is -0.480 e. The second-order valence-electron chi connectivity index (χ2n) is 8.83. The molecule has 0 spiro atoms. The SMILES string of the molecule is Nc1nc2ncc(CNc3ccc(C(=O)NC(CCC(=O)NNC(=O)c4ccc(F)cc4)C(=O)O)cc3)nc2c(=O)[nH]1. The van der Waals surface area contributed by atoms with Gasteiger partial charge < -0.3 is 21.5 Å². The lowest BCUT2D eigenvalue weighted by molar-refractivity contribution is -0.139. The number of nitrogens with one attached hydrogen (secondary N) is 5. The molecule has 0 saturated carbocycles. The number of fused-ring (bicyclic) bond motifs is 1. The number of aromatic amines is 1. The summed E-state index contributed by atoms with van der Waals surface area (Å²) in [6.07, 6.45) is 0.863. The van der Waals surface area contributed by atoms with E-state index in [1.807, 2.05) is 0 Å². The molecule has 16 heteroatoms. The number of H-pyrrole nitrogens is 1. The van der Waals surface area contributed by atoms with Crippen LogP contribution in [0.2, 0.25) is 0 Å². The molecule has 0 fully saturated rings. The van der Waals surface area contributed by atoms with Gasteiger partial charge in [0, 0.05) is 23.2 Å². The van der Waals surface area contributed by atoms with Gasteiger partial charge in [0.25, 0.3) is 17.4 Å². The fraction of sp³-hybridized carbons (Fsp3) is 0.154. The molecule has 1 unspecified atom stereocenters. The highest BCUT2D eigenvalue weighted by molar-refractivity contribution is 5.97. The van der Waals surface area contributed by atoms with E-state index < -0.39 is 41.1 Å². The van der Waals surface area contributed by atoms with E-state index in [2.05, 4.69) is 41.4 Å². The second kappa shape index (κ2) is 12.9. The number of carboxylic acid groups (broad SMARTS) is 1. The Morgan fingerprint density at radius 1 is 0.952 bits per heavy atom. The molecule has 0 radical (unpaired) electrons. The molecule has 0 saturated heterocycles. The molecule has 0 aliphatic rings. The van der Waals surface area contributed by atoms with Crippen molar-refractivity contribution in [2.75, 3.05) is 11.1 Å². The third-order valence-corrected chi connectivity index (χ3v) is 5.79. The van der Waals surface area contributed by atoms with Crippen molar-refractivity contribution in [1.29, 1.82) is 0 Å². The molecular weight excluding hydrogens is 553 g/mol. The molecule has 2 heterocycles. The zero-order chi connectivity index (χ0) is 30.2. The Labute approximate surface area is 235 Å². The molecule has 42 heavy (non-hydrogen) atoms. The fourth-order valence-corrected chi connectivity index (χ4v) is 3.63. The van der Waals surface area contributed by atoms with Crippen molar-refractivity contribution >= 4 is 46.5 Å². The lowest BCUT2D eigenvalue weighted by Crippen LogP contribution is -2.44. The van der Waals surface area contributed by atoms with Crippen LogP contribution >= 0.6 is 0 Å². The number of amides is 3. The summed E-state index contributed by atoms with van der Waals surface area (Å²) in [5.74, 6) is -4.00. The number of nitrogens with two attached hydrogens (primary N) is 1. The van der Waals surface area contributed by atoms with Crippen LogP contribution in [0.5, 0.6) is 0 Å². The number of rotatable bonds is 10. The first kappa shape index (κ1) is 29.1. The molecule has 0 aliphatic heterocycles. The Kier molecular flexibility index (Phi) is 8.96. The molecule has 2 aromatic carbocycles. The molecule has 8 N–H and O–H groups in total.